The van der Waals surface area contributed by atoms with Crippen molar-refractivity contribution < 1.29 is 4.74 Å². The fourth-order valence-electron chi connectivity index (χ4n) is 1.32. The third kappa shape index (κ3) is 2.81. The minimum absolute atomic E-state index is 0.101. The Kier molecular flexibility index (Phi) is 3.93. The molecule has 0 fully saturated rings. The molecule has 2 rings (SSSR count). The molecule has 0 aliphatic heterocycles. The van der Waals surface area contributed by atoms with Gasteiger partial charge in [0, 0.05) is 22.1 Å². The number of halogens is 1. The van der Waals surface area contributed by atoms with Crippen LogP contribution in [0.25, 0.3) is 0 Å². The van der Waals surface area contributed by atoms with E-state index in [1.807, 2.05) is 23.6 Å². The molecule has 0 spiro atoms. The van der Waals surface area contributed by atoms with E-state index < -0.39 is 0 Å². The Morgan fingerprint density at radius 3 is 3.00 bits per heavy atom. The molecule has 0 aliphatic rings. The summed E-state index contributed by atoms with van der Waals surface area (Å²) < 4.78 is 6.68. The second-order valence-electron chi connectivity index (χ2n) is 3.20. The first-order valence-corrected chi connectivity index (χ1v) is 6.47. The van der Waals surface area contributed by atoms with Crippen LogP contribution in [0.1, 0.15) is 11.0 Å². The SMILES string of the molecule is NCC(Oc1cncc(Br)c1)c1cccs1. The number of hydrogen-bond donors (Lipinski definition) is 1. The minimum atomic E-state index is -0.101. The van der Waals surface area contributed by atoms with Crippen LogP contribution in [0.15, 0.2) is 40.4 Å². The highest BCUT2D eigenvalue weighted by molar-refractivity contribution is 9.10. The zero-order valence-electron chi connectivity index (χ0n) is 8.47. The average molecular weight is 299 g/mol. The lowest BCUT2D eigenvalue weighted by atomic mass is 10.3. The van der Waals surface area contributed by atoms with Gasteiger partial charge in [-0.2, -0.15) is 0 Å². The number of pyridine rings is 1. The van der Waals surface area contributed by atoms with E-state index in [0.717, 1.165) is 15.1 Å². The fraction of sp³-hybridized carbons (Fsp3) is 0.182. The van der Waals surface area contributed by atoms with E-state index >= 15 is 0 Å². The molecule has 2 aromatic heterocycles. The highest BCUT2D eigenvalue weighted by atomic mass is 79.9. The van der Waals surface area contributed by atoms with E-state index in [0.29, 0.717) is 6.54 Å². The normalized spacial score (nSPS) is 12.4. The zero-order valence-corrected chi connectivity index (χ0v) is 10.9. The van der Waals surface area contributed by atoms with Crippen molar-refractivity contribution in [3.8, 4) is 5.75 Å². The molecule has 0 amide bonds. The summed E-state index contributed by atoms with van der Waals surface area (Å²) in [5, 5.41) is 2.01. The number of rotatable bonds is 4. The highest BCUT2D eigenvalue weighted by Gasteiger charge is 2.12. The lowest BCUT2D eigenvalue weighted by molar-refractivity contribution is 0.217. The summed E-state index contributed by atoms with van der Waals surface area (Å²) in [5.74, 6) is 0.721. The maximum atomic E-state index is 5.78. The topological polar surface area (TPSA) is 48.1 Å². The number of aromatic nitrogens is 1. The van der Waals surface area contributed by atoms with E-state index in [-0.39, 0.29) is 6.10 Å². The Labute approximate surface area is 106 Å². The van der Waals surface area contributed by atoms with Crippen LogP contribution in [0.2, 0.25) is 0 Å². The number of hydrogen-bond acceptors (Lipinski definition) is 4. The standard InChI is InChI=1S/C11H11BrN2OS/c12-8-4-9(7-14-6-8)15-10(5-13)11-2-1-3-16-11/h1-4,6-7,10H,5,13H2. The summed E-state index contributed by atoms with van der Waals surface area (Å²) in [6.07, 6.45) is 3.30. The fourth-order valence-corrected chi connectivity index (χ4v) is 2.43. The number of ether oxygens (including phenoxy) is 1. The molecule has 1 unspecified atom stereocenters. The van der Waals surface area contributed by atoms with Gasteiger partial charge in [-0.3, -0.25) is 4.98 Å². The first-order valence-electron chi connectivity index (χ1n) is 4.80. The van der Waals surface area contributed by atoms with Gasteiger partial charge >= 0.3 is 0 Å². The maximum absolute atomic E-state index is 5.78. The molecule has 5 heteroatoms. The molecule has 1 atom stereocenters. The molecule has 0 bridgehead atoms. The summed E-state index contributed by atoms with van der Waals surface area (Å²) in [4.78, 5) is 5.17. The number of nitrogens with zero attached hydrogens (tertiary/aromatic N) is 1. The van der Waals surface area contributed by atoms with Gasteiger partial charge in [0.2, 0.25) is 0 Å². The Morgan fingerprint density at radius 1 is 1.50 bits per heavy atom. The van der Waals surface area contributed by atoms with Crippen molar-refractivity contribution in [3.05, 3.63) is 45.3 Å². The smallest absolute Gasteiger partial charge is 0.145 e. The van der Waals surface area contributed by atoms with Gasteiger partial charge in [-0.15, -0.1) is 11.3 Å². The van der Waals surface area contributed by atoms with E-state index in [1.165, 1.54) is 0 Å². The second-order valence-corrected chi connectivity index (χ2v) is 5.09. The van der Waals surface area contributed by atoms with Crippen LogP contribution in [-0.4, -0.2) is 11.5 Å². The van der Waals surface area contributed by atoms with Crippen molar-refractivity contribution in [2.24, 2.45) is 5.73 Å². The number of nitrogens with two attached hydrogens (primary N) is 1. The summed E-state index contributed by atoms with van der Waals surface area (Å²) in [6.45, 7) is 0.451. The van der Waals surface area contributed by atoms with Crippen LogP contribution in [-0.2, 0) is 0 Å². The van der Waals surface area contributed by atoms with E-state index in [1.54, 1.807) is 23.7 Å². The van der Waals surface area contributed by atoms with Gasteiger partial charge < -0.3 is 10.5 Å². The Morgan fingerprint density at radius 2 is 2.38 bits per heavy atom. The first-order chi connectivity index (χ1) is 7.79. The van der Waals surface area contributed by atoms with Crippen LogP contribution in [0, 0.1) is 0 Å². The molecular formula is C11H11BrN2OS. The van der Waals surface area contributed by atoms with E-state index in [4.69, 9.17) is 10.5 Å². The molecule has 2 aromatic rings. The van der Waals surface area contributed by atoms with Crippen molar-refractivity contribution in [1.29, 1.82) is 0 Å². The van der Waals surface area contributed by atoms with Gasteiger partial charge in [0.15, 0.2) is 0 Å². The van der Waals surface area contributed by atoms with Crippen molar-refractivity contribution in [2.45, 2.75) is 6.10 Å². The summed E-state index contributed by atoms with van der Waals surface area (Å²) >= 11 is 4.99. The molecule has 2 N–H and O–H groups in total. The van der Waals surface area contributed by atoms with Crippen molar-refractivity contribution in [3.63, 3.8) is 0 Å². The van der Waals surface area contributed by atoms with Gasteiger partial charge in [-0.05, 0) is 33.4 Å². The molecule has 3 nitrogen and oxygen atoms in total. The first kappa shape index (κ1) is 11.6. The summed E-state index contributed by atoms with van der Waals surface area (Å²) in [7, 11) is 0. The van der Waals surface area contributed by atoms with Crippen LogP contribution >= 0.6 is 27.3 Å². The molecule has 16 heavy (non-hydrogen) atoms. The van der Waals surface area contributed by atoms with Gasteiger partial charge in [-0.25, -0.2) is 0 Å². The molecule has 84 valence electrons. The summed E-state index contributed by atoms with van der Waals surface area (Å²) in [6, 6.07) is 5.89. The highest BCUT2D eigenvalue weighted by Crippen LogP contribution is 2.25. The third-order valence-corrected chi connectivity index (χ3v) is 3.43. The molecule has 0 saturated heterocycles. The summed E-state index contributed by atoms with van der Waals surface area (Å²) in [5.41, 5.74) is 5.70. The zero-order chi connectivity index (χ0) is 11.4. The van der Waals surface area contributed by atoms with Crippen LogP contribution in [0.3, 0.4) is 0 Å². The Balaban J connectivity index is 2.13. The monoisotopic (exact) mass is 298 g/mol. The molecule has 0 radical (unpaired) electrons. The van der Waals surface area contributed by atoms with Crippen LogP contribution in [0.4, 0.5) is 0 Å². The molecule has 0 saturated carbocycles. The second kappa shape index (κ2) is 5.43. The maximum Gasteiger partial charge on any atom is 0.145 e. The van der Waals surface area contributed by atoms with Crippen LogP contribution < -0.4 is 10.5 Å². The quantitative estimate of drug-likeness (QED) is 0.944. The van der Waals surface area contributed by atoms with Gasteiger partial charge in [-0.1, -0.05) is 6.07 Å². The van der Waals surface area contributed by atoms with Crippen molar-refractivity contribution in [2.75, 3.05) is 6.54 Å². The van der Waals surface area contributed by atoms with Crippen molar-refractivity contribution >= 4 is 27.3 Å². The van der Waals surface area contributed by atoms with Crippen LogP contribution in [0.5, 0.6) is 5.75 Å². The van der Waals surface area contributed by atoms with E-state index in [9.17, 15) is 0 Å². The Hall–Kier alpha value is -0.910. The Bertz CT molecular complexity index is 447. The molecule has 0 aliphatic carbocycles. The van der Waals surface area contributed by atoms with E-state index in [2.05, 4.69) is 20.9 Å². The molecule has 2 heterocycles. The predicted molar refractivity (Wildman–Crippen MR) is 68.7 cm³/mol. The molecular weight excluding hydrogens is 288 g/mol. The number of thiophene rings is 1. The minimum Gasteiger partial charge on any atom is -0.482 e. The lowest BCUT2D eigenvalue weighted by Gasteiger charge is -2.15. The molecule has 0 aromatic carbocycles. The third-order valence-electron chi connectivity index (χ3n) is 2.03. The average Bonchev–Trinajstić information content (AvgIpc) is 2.79. The van der Waals surface area contributed by atoms with Gasteiger partial charge in [0.1, 0.15) is 11.9 Å². The van der Waals surface area contributed by atoms with Crippen molar-refractivity contribution in [1.82, 2.24) is 4.98 Å². The lowest BCUT2D eigenvalue weighted by Crippen LogP contribution is -2.17. The predicted octanol–water partition coefficient (Wildman–Crippen LogP) is 2.98. The largest absolute Gasteiger partial charge is 0.482 e. The van der Waals surface area contributed by atoms with Gasteiger partial charge in [0.25, 0.3) is 0 Å². The van der Waals surface area contributed by atoms with Gasteiger partial charge in [0.05, 0.1) is 6.20 Å².